The van der Waals surface area contributed by atoms with Crippen LogP contribution in [-0.4, -0.2) is 35.5 Å². The molecule has 0 bridgehead atoms. The molecule has 0 N–H and O–H groups in total. The number of hydrogen-bond donors (Lipinski definition) is 0. The highest BCUT2D eigenvalue weighted by molar-refractivity contribution is 6.30. The molecule has 0 aliphatic carbocycles. The van der Waals surface area contributed by atoms with E-state index in [1.807, 2.05) is 60.4 Å². The molecule has 1 atom stereocenters. The summed E-state index contributed by atoms with van der Waals surface area (Å²) < 4.78 is 11.7. The number of likely N-dealkylation sites (tertiary alicyclic amines) is 1. The third-order valence-corrected chi connectivity index (χ3v) is 5.64. The van der Waals surface area contributed by atoms with Gasteiger partial charge in [0.2, 0.25) is 0 Å². The molecule has 1 saturated heterocycles. The Kier molecular flexibility index (Phi) is 6.38. The van der Waals surface area contributed by atoms with Crippen LogP contribution in [0, 0.1) is 6.92 Å². The van der Waals surface area contributed by atoms with Crippen LogP contribution in [0.5, 0.6) is 5.75 Å². The van der Waals surface area contributed by atoms with E-state index in [0.29, 0.717) is 23.9 Å². The van der Waals surface area contributed by atoms with E-state index >= 15 is 0 Å². The van der Waals surface area contributed by atoms with Gasteiger partial charge in [0.15, 0.2) is 12.5 Å². The Morgan fingerprint density at radius 2 is 2.13 bits per heavy atom. The number of ether oxygens (including phenoxy) is 1. The molecule has 5 nitrogen and oxygen atoms in total. The van der Waals surface area contributed by atoms with Gasteiger partial charge in [0.25, 0.3) is 5.91 Å². The number of carbonyl (C=O) groups is 1. The monoisotopic (exact) mass is 424 g/mol. The third-order valence-electron chi connectivity index (χ3n) is 5.41. The first-order valence-electron chi connectivity index (χ1n) is 10.2. The maximum absolute atomic E-state index is 12.7. The fraction of sp³-hybridized carbons (Fsp3) is 0.333. The molecular weight excluding hydrogens is 400 g/mol. The first kappa shape index (κ1) is 20.5. The molecule has 1 aromatic heterocycles. The summed E-state index contributed by atoms with van der Waals surface area (Å²) in [6.45, 7) is 3.36. The molecular formula is C24H25ClN2O3. The second-order valence-corrected chi connectivity index (χ2v) is 8.14. The maximum atomic E-state index is 12.7. The van der Waals surface area contributed by atoms with Gasteiger partial charge in [0.05, 0.1) is 12.1 Å². The molecule has 1 fully saturated rings. The van der Waals surface area contributed by atoms with Crippen molar-refractivity contribution in [1.29, 1.82) is 0 Å². The molecule has 30 heavy (non-hydrogen) atoms. The maximum Gasteiger partial charge on any atom is 0.260 e. The number of rotatable bonds is 6. The number of amides is 1. The Labute approximate surface area is 181 Å². The van der Waals surface area contributed by atoms with E-state index < -0.39 is 0 Å². The van der Waals surface area contributed by atoms with E-state index in [4.69, 9.17) is 20.8 Å². The van der Waals surface area contributed by atoms with Crippen molar-refractivity contribution in [1.82, 2.24) is 9.88 Å². The van der Waals surface area contributed by atoms with Crippen LogP contribution in [0.3, 0.4) is 0 Å². The van der Waals surface area contributed by atoms with Gasteiger partial charge in [-0.2, -0.15) is 0 Å². The van der Waals surface area contributed by atoms with Gasteiger partial charge in [-0.15, -0.1) is 0 Å². The molecule has 1 amide bonds. The van der Waals surface area contributed by atoms with E-state index in [1.54, 1.807) is 6.20 Å². The number of hydrogen-bond acceptors (Lipinski definition) is 4. The van der Waals surface area contributed by atoms with Crippen LogP contribution >= 0.6 is 11.6 Å². The normalized spacial score (nSPS) is 16.5. The number of oxazole rings is 1. The Hall–Kier alpha value is -2.79. The number of halogens is 1. The largest absolute Gasteiger partial charge is 0.484 e. The first-order valence-corrected chi connectivity index (χ1v) is 10.6. The molecule has 3 aromatic rings. The molecule has 1 aliphatic rings. The van der Waals surface area contributed by atoms with Crippen molar-refractivity contribution in [3.63, 3.8) is 0 Å². The van der Waals surface area contributed by atoms with Crippen LogP contribution in [0.4, 0.5) is 0 Å². The third kappa shape index (κ3) is 5.03. The van der Waals surface area contributed by atoms with Gasteiger partial charge >= 0.3 is 0 Å². The van der Waals surface area contributed by atoms with E-state index in [0.717, 1.165) is 42.0 Å². The van der Waals surface area contributed by atoms with Gasteiger partial charge in [0, 0.05) is 24.5 Å². The molecule has 0 spiro atoms. The molecule has 6 heteroatoms. The fourth-order valence-electron chi connectivity index (χ4n) is 3.80. The quantitative estimate of drug-likeness (QED) is 0.558. The minimum atomic E-state index is -0.00587. The molecule has 4 rings (SSSR count). The van der Waals surface area contributed by atoms with Crippen LogP contribution < -0.4 is 4.74 Å². The predicted molar refractivity (Wildman–Crippen MR) is 116 cm³/mol. The molecule has 2 heterocycles. The summed E-state index contributed by atoms with van der Waals surface area (Å²) >= 11 is 6.06. The zero-order valence-corrected chi connectivity index (χ0v) is 17.8. The van der Waals surface area contributed by atoms with Gasteiger partial charge in [-0.25, -0.2) is 4.98 Å². The van der Waals surface area contributed by atoms with Crippen molar-refractivity contribution in [2.24, 2.45) is 0 Å². The van der Waals surface area contributed by atoms with Crippen molar-refractivity contribution < 1.29 is 13.9 Å². The molecule has 1 aliphatic heterocycles. The average molecular weight is 425 g/mol. The van der Waals surface area contributed by atoms with Crippen LogP contribution in [0.15, 0.2) is 59.1 Å². The zero-order chi connectivity index (χ0) is 20.9. The molecule has 2 aromatic carbocycles. The summed E-state index contributed by atoms with van der Waals surface area (Å²) in [7, 11) is 0. The second-order valence-electron chi connectivity index (χ2n) is 7.70. The highest BCUT2D eigenvalue weighted by atomic mass is 35.5. The second kappa shape index (κ2) is 9.35. The standard InChI is InChI=1S/C24H25ClN2O3/c1-17-6-2-3-10-22(17)29-16-23(28)27-11-5-8-19(15-27)24-26-14-21(30-24)13-18-7-4-9-20(25)12-18/h2-4,6-7,9-10,12,14,19H,5,8,11,13,15-16H2,1H3/t19-/m1/s1. The zero-order valence-electron chi connectivity index (χ0n) is 17.0. The Bertz CT molecular complexity index is 1020. The van der Waals surface area contributed by atoms with E-state index in [9.17, 15) is 4.79 Å². The van der Waals surface area contributed by atoms with Crippen molar-refractivity contribution >= 4 is 17.5 Å². The van der Waals surface area contributed by atoms with E-state index in [-0.39, 0.29) is 18.4 Å². The number of piperidine rings is 1. The number of para-hydroxylation sites is 1. The summed E-state index contributed by atoms with van der Waals surface area (Å²) in [6.07, 6.45) is 4.30. The number of benzene rings is 2. The highest BCUT2D eigenvalue weighted by Crippen LogP contribution is 2.28. The lowest BCUT2D eigenvalue weighted by Crippen LogP contribution is -2.41. The average Bonchev–Trinajstić information content (AvgIpc) is 3.21. The first-order chi connectivity index (χ1) is 14.6. The van der Waals surface area contributed by atoms with Crippen LogP contribution in [0.1, 0.15) is 41.5 Å². The summed E-state index contributed by atoms with van der Waals surface area (Å²) in [5.74, 6) is 2.35. The SMILES string of the molecule is Cc1ccccc1OCC(=O)N1CCC[C@@H](c2ncc(Cc3cccc(Cl)c3)o2)C1. The molecule has 156 valence electrons. The lowest BCUT2D eigenvalue weighted by molar-refractivity contribution is -0.134. The minimum Gasteiger partial charge on any atom is -0.484 e. The van der Waals surface area contributed by atoms with Crippen molar-refractivity contribution in [3.8, 4) is 5.75 Å². The van der Waals surface area contributed by atoms with Crippen molar-refractivity contribution in [3.05, 3.63) is 82.5 Å². The van der Waals surface area contributed by atoms with Gasteiger partial charge in [0.1, 0.15) is 11.5 Å². The summed E-state index contributed by atoms with van der Waals surface area (Å²) in [6, 6.07) is 15.5. The van der Waals surface area contributed by atoms with Gasteiger partial charge in [-0.1, -0.05) is 41.9 Å². The lowest BCUT2D eigenvalue weighted by atomic mass is 9.98. The number of aryl methyl sites for hydroxylation is 1. The summed E-state index contributed by atoms with van der Waals surface area (Å²) in [4.78, 5) is 19.0. The van der Waals surface area contributed by atoms with Crippen LogP contribution in [-0.2, 0) is 11.2 Å². The van der Waals surface area contributed by atoms with Crippen LogP contribution in [0.25, 0.3) is 0 Å². The molecule has 0 saturated carbocycles. The lowest BCUT2D eigenvalue weighted by Gasteiger charge is -2.31. The summed E-state index contributed by atoms with van der Waals surface area (Å²) in [5, 5.41) is 0.710. The van der Waals surface area contributed by atoms with Gasteiger partial charge in [-0.05, 0) is 49.1 Å². The molecule has 0 radical (unpaired) electrons. The van der Waals surface area contributed by atoms with Gasteiger partial charge in [-0.3, -0.25) is 4.79 Å². The van der Waals surface area contributed by atoms with Crippen LogP contribution in [0.2, 0.25) is 5.02 Å². The number of nitrogens with zero attached hydrogens (tertiary/aromatic N) is 2. The van der Waals surface area contributed by atoms with Crippen molar-refractivity contribution in [2.45, 2.75) is 32.1 Å². The number of carbonyl (C=O) groups excluding carboxylic acids is 1. The Morgan fingerprint density at radius 1 is 1.27 bits per heavy atom. The Balaban J connectivity index is 1.35. The highest BCUT2D eigenvalue weighted by Gasteiger charge is 2.28. The number of aromatic nitrogens is 1. The van der Waals surface area contributed by atoms with Gasteiger partial charge < -0.3 is 14.1 Å². The predicted octanol–water partition coefficient (Wildman–Crippen LogP) is 5.01. The van der Waals surface area contributed by atoms with E-state index in [1.165, 1.54) is 0 Å². The smallest absolute Gasteiger partial charge is 0.260 e. The van der Waals surface area contributed by atoms with E-state index in [2.05, 4.69) is 4.98 Å². The Morgan fingerprint density at radius 3 is 2.97 bits per heavy atom. The topological polar surface area (TPSA) is 55.6 Å². The minimum absolute atomic E-state index is 0.00587. The summed E-state index contributed by atoms with van der Waals surface area (Å²) in [5.41, 5.74) is 2.10. The fourth-order valence-corrected chi connectivity index (χ4v) is 4.01. The van der Waals surface area contributed by atoms with Crippen molar-refractivity contribution in [2.75, 3.05) is 19.7 Å². The molecule has 0 unspecified atom stereocenters.